The van der Waals surface area contributed by atoms with Gasteiger partial charge < -0.3 is 5.32 Å². The van der Waals surface area contributed by atoms with Gasteiger partial charge in [-0.1, -0.05) is 6.07 Å². The molecule has 0 bridgehead atoms. The number of tetrazole rings is 1. The first kappa shape index (κ1) is 11.5. The van der Waals surface area contributed by atoms with Gasteiger partial charge in [-0.2, -0.15) is 0 Å². The first-order valence-corrected chi connectivity index (χ1v) is 5.44. The molecule has 2 rings (SSSR count). The summed E-state index contributed by atoms with van der Waals surface area (Å²) in [7, 11) is 0. The number of benzene rings is 1. The van der Waals surface area contributed by atoms with Crippen LogP contribution in [-0.2, 0) is 4.79 Å². The van der Waals surface area contributed by atoms with Crippen LogP contribution in [0.3, 0.4) is 0 Å². The summed E-state index contributed by atoms with van der Waals surface area (Å²) in [6.45, 7) is 1.93. The van der Waals surface area contributed by atoms with E-state index in [1.807, 2.05) is 13.0 Å². The van der Waals surface area contributed by atoms with E-state index in [9.17, 15) is 4.79 Å². The van der Waals surface area contributed by atoms with Crippen LogP contribution in [0.25, 0.3) is 5.69 Å². The molecule has 1 aromatic heterocycles. The van der Waals surface area contributed by atoms with Crippen molar-refractivity contribution in [2.75, 3.05) is 11.2 Å². The Morgan fingerprint density at radius 3 is 3.00 bits per heavy atom. The summed E-state index contributed by atoms with van der Waals surface area (Å²) < 4.78 is 1.53. The Hall–Kier alpha value is -1.95. The molecule has 0 aliphatic rings. The Labute approximate surface area is 103 Å². The molecular formula is C10H10ClN5O. The molecule has 0 saturated heterocycles. The van der Waals surface area contributed by atoms with Crippen molar-refractivity contribution in [1.82, 2.24) is 20.2 Å². The molecule has 6 nitrogen and oxygen atoms in total. The van der Waals surface area contributed by atoms with E-state index in [-0.39, 0.29) is 11.8 Å². The first-order chi connectivity index (χ1) is 8.20. The average Bonchev–Trinajstić information content (AvgIpc) is 2.85. The van der Waals surface area contributed by atoms with Crippen molar-refractivity contribution in [3.63, 3.8) is 0 Å². The summed E-state index contributed by atoms with van der Waals surface area (Å²) >= 11 is 5.42. The van der Waals surface area contributed by atoms with Gasteiger partial charge in [0, 0.05) is 5.69 Å². The number of amides is 1. The van der Waals surface area contributed by atoms with E-state index in [1.165, 1.54) is 11.0 Å². The molecule has 0 atom stereocenters. The van der Waals surface area contributed by atoms with E-state index in [4.69, 9.17) is 11.6 Å². The molecule has 0 radical (unpaired) electrons. The van der Waals surface area contributed by atoms with Gasteiger partial charge in [-0.15, -0.1) is 16.7 Å². The quantitative estimate of drug-likeness (QED) is 0.831. The molecule has 1 amide bonds. The van der Waals surface area contributed by atoms with Crippen LogP contribution in [0, 0.1) is 6.92 Å². The number of aryl methyl sites for hydroxylation is 1. The zero-order chi connectivity index (χ0) is 12.3. The summed E-state index contributed by atoms with van der Waals surface area (Å²) in [5.74, 6) is -0.327. The normalized spacial score (nSPS) is 10.2. The molecule has 7 heteroatoms. The molecule has 1 heterocycles. The Morgan fingerprint density at radius 2 is 2.35 bits per heavy atom. The van der Waals surface area contributed by atoms with Crippen LogP contribution >= 0.6 is 11.6 Å². The third-order valence-corrected chi connectivity index (χ3v) is 2.45. The van der Waals surface area contributed by atoms with E-state index in [1.54, 1.807) is 12.1 Å². The highest BCUT2D eigenvalue weighted by Crippen LogP contribution is 2.18. The van der Waals surface area contributed by atoms with Gasteiger partial charge in [0.15, 0.2) is 0 Å². The van der Waals surface area contributed by atoms with Gasteiger partial charge in [0.1, 0.15) is 12.2 Å². The second-order valence-electron chi connectivity index (χ2n) is 3.44. The van der Waals surface area contributed by atoms with E-state index in [0.29, 0.717) is 5.69 Å². The van der Waals surface area contributed by atoms with Crippen molar-refractivity contribution in [2.45, 2.75) is 6.92 Å². The molecule has 17 heavy (non-hydrogen) atoms. The highest BCUT2D eigenvalue weighted by atomic mass is 35.5. The van der Waals surface area contributed by atoms with Gasteiger partial charge in [0.05, 0.1) is 5.69 Å². The van der Waals surface area contributed by atoms with Crippen molar-refractivity contribution in [3.8, 4) is 5.69 Å². The van der Waals surface area contributed by atoms with Crippen LogP contribution in [0.2, 0.25) is 0 Å². The zero-order valence-corrected chi connectivity index (χ0v) is 9.85. The minimum absolute atomic E-state index is 0.0753. The lowest BCUT2D eigenvalue weighted by atomic mass is 10.2. The number of anilines is 1. The number of hydrogen-bond acceptors (Lipinski definition) is 4. The molecule has 0 unspecified atom stereocenters. The van der Waals surface area contributed by atoms with Crippen LogP contribution in [0.1, 0.15) is 5.56 Å². The minimum atomic E-state index is -0.252. The summed E-state index contributed by atoms with van der Waals surface area (Å²) in [5, 5.41) is 13.6. The predicted molar refractivity (Wildman–Crippen MR) is 63.2 cm³/mol. The van der Waals surface area contributed by atoms with Crippen molar-refractivity contribution in [2.24, 2.45) is 0 Å². The highest BCUT2D eigenvalue weighted by molar-refractivity contribution is 6.29. The standard InChI is InChI=1S/C10H10ClN5O/c1-7-2-3-8(13-10(17)5-11)4-9(7)16-6-12-14-15-16/h2-4,6H,5H2,1H3,(H,13,17). The maximum atomic E-state index is 11.2. The van der Waals surface area contributed by atoms with E-state index < -0.39 is 0 Å². The van der Waals surface area contributed by atoms with Crippen molar-refractivity contribution >= 4 is 23.2 Å². The Kier molecular flexibility index (Phi) is 3.34. The molecule has 1 aromatic carbocycles. The number of aromatic nitrogens is 4. The number of carbonyl (C=O) groups excluding carboxylic acids is 1. The molecule has 0 aliphatic heterocycles. The summed E-state index contributed by atoms with van der Waals surface area (Å²) in [6, 6.07) is 5.46. The molecule has 1 N–H and O–H groups in total. The first-order valence-electron chi connectivity index (χ1n) is 4.90. The number of halogens is 1. The maximum absolute atomic E-state index is 11.2. The van der Waals surface area contributed by atoms with E-state index in [2.05, 4.69) is 20.8 Å². The third kappa shape index (κ3) is 2.59. The smallest absolute Gasteiger partial charge is 0.239 e. The summed E-state index contributed by atoms with van der Waals surface area (Å²) in [5.41, 5.74) is 2.47. The fourth-order valence-corrected chi connectivity index (χ4v) is 1.47. The summed E-state index contributed by atoms with van der Waals surface area (Å²) in [4.78, 5) is 11.2. The van der Waals surface area contributed by atoms with E-state index >= 15 is 0 Å². The van der Waals surface area contributed by atoms with Crippen LogP contribution in [0.5, 0.6) is 0 Å². The van der Waals surface area contributed by atoms with Gasteiger partial charge in [-0.05, 0) is 35.0 Å². The fourth-order valence-electron chi connectivity index (χ4n) is 1.40. The van der Waals surface area contributed by atoms with Crippen LogP contribution in [-0.4, -0.2) is 32.0 Å². The molecule has 0 aliphatic carbocycles. The van der Waals surface area contributed by atoms with E-state index in [0.717, 1.165) is 11.3 Å². The van der Waals surface area contributed by atoms with Gasteiger partial charge in [-0.3, -0.25) is 4.79 Å². The highest BCUT2D eigenvalue weighted by Gasteiger charge is 2.06. The van der Waals surface area contributed by atoms with Crippen LogP contribution in [0.4, 0.5) is 5.69 Å². The lowest BCUT2D eigenvalue weighted by Gasteiger charge is -2.08. The number of nitrogens with one attached hydrogen (secondary N) is 1. The van der Waals surface area contributed by atoms with Gasteiger partial charge in [0.25, 0.3) is 0 Å². The lowest BCUT2D eigenvalue weighted by Crippen LogP contribution is -2.13. The molecule has 2 aromatic rings. The van der Waals surface area contributed by atoms with Crippen molar-refractivity contribution < 1.29 is 4.79 Å². The topological polar surface area (TPSA) is 72.7 Å². The Morgan fingerprint density at radius 1 is 1.53 bits per heavy atom. The van der Waals surface area contributed by atoms with Crippen molar-refractivity contribution in [3.05, 3.63) is 30.1 Å². The molecule has 88 valence electrons. The molecular weight excluding hydrogens is 242 g/mol. The number of rotatable bonds is 3. The predicted octanol–water partition coefficient (Wildman–Crippen LogP) is 1.15. The fraction of sp³-hybridized carbons (Fsp3) is 0.200. The molecule has 0 fully saturated rings. The number of nitrogens with zero attached hydrogens (tertiary/aromatic N) is 4. The molecule has 0 saturated carbocycles. The number of alkyl halides is 1. The van der Waals surface area contributed by atoms with Crippen LogP contribution < -0.4 is 5.32 Å². The average molecular weight is 252 g/mol. The summed E-state index contributed by atoms with van der Waals surface area (Å²) in [6.07, 6.45) is 1.50. The largest absolute Gasteiger partial charge is 0.325 e. The van der Waals surface area contributed by atoms with Gasteiger partial charge in [0.2, 0.25) is 5.91 Å². The zero-order valence-electron chi connectivity index (χ0n) is 9.09. The maximum Gasteiger partial charge on any atom is 0.239 e. The third-order valence-electron chi connectivity index (χ3n) is 2.21. The molecule has 0 spiro atoms. The Bertz CT molecular complexity index is 525. The lowest BCUT2D eigenvalue weighted by molar-refractivity contribution is -0.113. The van der Waals surface area contributed by atoms with Crippen LogP contribution in [0.15, 0.2) is 24.5 Å². The van der Waals surface area contributed by atoms with Gasteiger partial charge >= 0.3 is 0 Å². The SMILES string of the molecule is Cc1ccc(NC(=O)CCl)cc1-n1cnnn1. The Balaban J connectivity index is 2.33. The number of carbonyl (C=O) groups is 1. The minimum Gasteiger partial charge on any atom is -0.325 e. The van der Waals surface area contributed by atoms with Crippen molar-refractivity contribution in [1.29, 1.82) is 0 Å². The second-order valence-corrected chi connectivity index (χ2v) is 3.70. The monoisotopic (exact) mass is 251 g/mol. The number of hydrogen-bond donors (Lipinski definition) is 1. The van der Waals surface area contributed by atoms with Gasteiger partial charge in [-0.25, -0.2) is 4.68 Å². The second kappa shape index (κ2) is 4.92.